The highest BCUT2D eigenvalue weighted by molar-refractivity contribution is 6.59. The van der Waals surface area contributed by atoms with Crippen LogP contribution in [0.2, 0.25) is 0 Å². The molecule has 2 amide bonds. The minimum atomic E-state index is -1.78. The van der Waals surface area contributed by atoms with Crippen LogP contribution in [0.1, 0.15) is 34.8 Å². The molecule has 0 spiro atoms. The summed E-state index contributed by atoms with van der Waals surface area (Å²) in [5.74, 6) is -1.38. The van der Waals surface area contributed by atoms with E-state index in [2.05, 4.69) is 17.2 Å². The van der Waals surface area contributed by atoms with E-state index in [0.717, 1.165) is 6.07 Å². The van der Waals surface area contributed by atoms with Crippen LogP contribution in [0.5, 0.6) is 5.75 Å². The molecule has 0 aliphatic rings. The number of benzene rings is 2. The van der Waals surface area contributed by atoms with Crippen molar-refractivity contribution in [1.82, 2.24) is 10.6 Å². The minimum Gasteiger partial charge on any atom is -0.538 e. The van der Waals surface area contributed by atoms with Crippen molar-refractivity contribution in [1.29, 1.82) is 0 Å². The summed E-state index contributed by atoms with van der Waals surface area (Å²) in [6, 6.07) is 12.9. The zero-order valence-corrected chi connectivity index (χ0v) is 25.2. The maximum absolute atomic E-state index is 14.2. The molecule has 0 saturated heterocycles. The lowest BCUT2D eigenvalue weighted by molar-refractivity contribution is -0.689. The Bertz CT molecular complexity index is 1740. The van der Waals surface area contributed by atoms with E-state index in [9.17, 15) is 33.4 Å². The number of carbonyl (C=O) groups excluding carboxylic acids is 2. The maximum Gasteiger partial charge on any atom is 0.504 e. The SMILES string of the molecule is C=C(C)C(=O)NCCCNC(=O)c1cc(-c2ccc[n+](Cc3cc(F)ccc3B(O)O)c2)c[n+](Cc2cc(F)ccc2OBO)c1. The molecule has 0 bridgehead atoms. The number of halogens is 2. The molecule has 236 valence electrons. The molecule has 0 saturated carbocycles. The molecule has 14 heteroatoms. The van der Waals surface area contributed by atoms with Crippen molar-refractivity contribution >= 4 is 32.1 Å². The first-order valence-corrected chi connectivity index (χ1v) is 14.5. The van der Waals surface area contributed by atoms with E-state index in [1.54, 1.807) is 53.0 Å². The number of pyridine rings is 2. The van der Waals surface area contributed by atoms with Crippen LogP contribution in [0.25, 0.3) is 11.1 Å². The van der Waals surface area contributed by atoms with Crippen molar-refractivity contribution in [2.75, 3.05) is 13.1 Å². The van der Waals surface area contributed by atoms with Crippen LogP contribution in [0.3, 0.4) is 0 Å². The second kappa shape index (κ2) is 15.9. The summed E-state index contributed by atoms with van der Waals surface area (Å²) in [7, 11) is -2.38. The lowest BCUT2D eigenvalue weighted by Crippen LogP contribution is -2.40. The average Bonchev–Trinajstić information content (AvgIpc) is 3.02. The Labute approximate surface area is 266 Å². The Morgan fingerprint density at radius 3 is 2.30 bits per heavy atom. The van der Waals surface area contributed by atoms with Gasteiger partial charge in [-0.2, -0.15) is 4.57 Å². The number of hydrogen-bond donors (Lipinski definition) is 5. The van der Waals surface area contributed by atoms with Gasteiger partial charge in [0.2, 0.25) is 5.91 Å². The molecule has 0 unspecified atom stereocenters. The smallest absolute Gasteiger partial charge is 0.504 e. The predicted molar refractivity (Wildman–Crippen MR) is 168 cm³/mol. The summed E-state index contributed by atoms with van der Waals surface area (Å²) in [5, 5.41) is 34.4. The largest absolute Gasteiger partial charge is 0.538 e. The van der Waals surface area contributed by atoms with Gasteiger partial charge in [-0.05, 0) is 61.3 Å². The molecule has 10 nitrogen and oxygen atoms in total. The summed E-state index contributed by atoms with van der Waals surface area (Å²) in [6.07, 6.45) is 7.37. The van der Waals surface area contributed by atoms with E-state index in [-0.39, 0.29) is 42.7 Å². The van der Waals surface area contributed by atoms with E-state index in [0.29, 0.717) is 46.4 Å². The van der Waals surface area contributed by atoms with E-state index < -0.39 is 26.4 Å². The Hall–Kier alpha value is -4.91. The molecule has 46 heavy (non-hydrogen) atoms. The number of amides is 2. The molecule has 2 aromatic heterocycles. The molecular weight excluding hydrogens is 596 g/mol. The standard InChI is InChI=1S/C32H32B2F2N4O6/c1-21(2)31(41)37-10-4-11-38-32(42)26-13-23(17-40(20-26)19-25-15-28(36)7-9-30(25)46-33-43)22-5-3-12-39(16-22)18-24-14-27(35)6-8-29(24)34(44)45/h3,5-9,12-17,20,33,43-45H,1,4,10-11,18-19H2,2H3/p+2. The molecule has 0 fully saturated rings. The Balaban J connectivity index is 1.65. The molecule has 0 radical (unpaired) electrons. The van der Waals surface area contributed by atoms with Gasteiger partial charge in [-0.1, -0.05) is 12.6 Å². The third kappa shape index (κ3) is 9.30. The average molecular weight is 630 g/mol. The third-order valence-corrected chi connectivity index (χ3v) is 7.02. The normalized spacial score (nSPS) is 10.7. The van der Waals surface area contributed by atoms with Gasteiger partial charge in [0.15, 0.2) is 37.9 Å². The topological polar surface area (TPSA) is 136 Å². The lowest BCUT2D eigenvalue weighted by atomic mass is 9.77. The molecule has 0 atom stereocenters. The van der Waals surface area contributed by atoms with Crippen LogP contribution in [0, 0.1) is 11.6 Å². The van der Waals surface area contributed by atoms with Crippen LogP contribution >= 0.6 is 0 Å². The van der Waals surface area contributed by atoms with Gasteiger partial charge in [0.1, 0.15) is 22.9 Å². The van der Waals surface area contributed by atoms with E-state index in [1.807, 2.05) is 6.07 Å². The van der Waals surface area contributed by atoms with Gasteiger partial charge in [-0.15, -0.1) is 0 Å². The van der Waals surface area contributed by atoms with Crippen molar-refractivity contribution in [3.8, 4) is 16.9 Å². The molecular formula is C32H34B2F2N4O6+2. The van der Waals surface area contributed by atoms with Crippen molar-refractivity contribution < 1.29 is 47.2 Å². The van der Waals surface area contributed by atoms with Crippen LogP contribution in [0.4, 0.5) is 8.78 Å². The van der Waals surface area contributed by atoms with Gasteiger partial charge in [0.05, 0.1) is 16.7 Å². The van der Waals surface area contributed by atoms with Gasteiger partial charge >= 0.3 is 14.8 Å². The Morgan fingerprint density at radius 2 is 1.59 bits per heavy atom. The van der Waals surface area contributed by atoms with Gasteiger partial charge in [-0.25, -0.2) is 13.3 Å². The molecule has 2 heterocycles. The fourth-order valence-corrected chi connectivity index (χ4v) is 4.78. The van der Waals surface area contributed by atoms with E-state index in [1.165, 1.54) is 30.3 Å². The lowest BCUT2D eigenvalue weighted by Gasteiger charge is -2.10. The fourth-order valence-electron chi connectivity index (χ4n) is 4.78. The fraction of sp³-hybridized carbons (Fsp3) is 0.188. The number of nitrogens with one attached hydrogen (secondary N) is 2. The zero-order chi connectivity index (χ0) is 33.2. The highest BCUT2D eigenvalue weighted by atomic mass is 19.1. The highest BCUT2D eigenvalue weighted by Crippen LogP contribution is 2.21. The van der Waals surface area contributed by atoms with Crippen LogP contribution in [0.15, 0.2) is 91.5 Å². The maximum atomic E-state index is 14.2. The predicted octanol–water partition coefficient (Wildman–Crippen LogP) is 0.433. The van der Waals surface area contributed by atoms with Crippen molar-refractivity contribution in [2.45, 2.75) is 26.4 Å². The minimum absolute atomic E-state index is 0.0992. The first kappa shape index (κ1) is 34.0. The molecule has 4 aromatic rings. The van der Waals surface area contributed by atoms with Gasteiger partial charge in [0.25, 0.3) is 5.91 Å². The molecule has 2 aromatic carbocycles. The van der Waals surface area contributed by atoms with E-state index in [4.69, 9.17) is 4.65 Å². The summed E-state index contributed by atoms with van der Waals surface area (Å²) >= 11 is 0. The van der Waals surface area contributed by atoms with Crippen LogP contribution < -0.4 is 29.9 Å². The second-order valence-corrected chi connectivity index (χ2v) is 10.6. The number of aromatic nitrogens is 2. The summed E-state index contributed by atoms with van der Waals surface area (Å²) in [6.45, 7) is 6.07. The monoisotopic (exact) mass is 630 g/mol. The Kier molecular flexibility index (Phi) is 11.7. The van der Waals surface area contributed by atoms with Crippen LogP contribution in [-0.4, -0.2) is 54.8 Å². The number of nitrogens with zero attached hydrogens (tertiary/aromatic N) is 2. The van der Waals surface area contributed by atoms with Crippen molar-refractivity contribution in [3.63, 3.8) is 0 Å². The third-order valence-electron chi connectivity index (χ3n) is 7.02. The molecule has 5 N–H and O–H groups in total. The van der Waals surface area contributed by atoms with Gasteiger partial charge in [-0.3, -0.25) is 9.59 Å². The number of rotatable bonds is 14. The quantitative estimate of drug-likeness (QED) is 0.0594. The van der Waals surface area contributed by atoms with Crippen LogP contribution in [-0.2, 0) is 17.9 Å². The zero-order valence-electron chi connectivity index (χ0n) is 25.2. The number of hydrogen-bond acceptors (Lipinski definition) is 6. The second-order valence-electron chi connectivity index (χ2n) is 10.6. The van der Waals surface area contributed by atoms with E-state index >= 15 is 0 Å². The molecule has 0 aliphatic carbocycles. The summed E-state index contributed by atoms with van der Waals surface area (Å²) in [4.78, 5) is 25.0. The Morgan fingerprint density at radius 1 is 0.913 bits per heavy atom. The molecule has 4 rings (SSSR count). The van der Waals surface area contributed by atoms with Crippen molar-refractivity contribution in [3.05, 3.63) is 120 Å². The first-order valence-electron chi connectivity index (χ1n) is 14.5. The first-order chi connectivity index (χ1) is 22.0. The van der Waals surface area contributed by atoms with Gasteiger partial charge in [0, 0.05) is 30.3 Å². The van der Waals surface area contributed by atoms with Crippen molar-refractivity contribution in [2.24, 2.45) is 0 Å². The number of carbonyl (C=O) groups is 2. The highest BCUT2D eigenvalue weighted by Gasteiger charge is 2.21. The molecule has 0 aliphatic heterocycles. The summed E-state index contributed by atoms with van der Waals surface area (Å²) < 4.78 is 36.9. The summed E-state index contributed by atoms with van der Waals surface area (Å²) in [5.41, 5.74) is 2.98. The van der Waals surface area contributed by atoms with Gasteiger partial charge < -0.3 is 30.4 Å².